The maximum atomic E-state index is 14.1. The summed E-state index contributed by atoms with van der Waals surface area (Å²) in [6.07, 6.45) is 2.20. The molecule has 6 heteroatoms. The second-order valence-corrected chi connectivity index (χ2v) is 9.93. The Bertz CT molecular complexity index is 1460. The van der Waals surface area contributed by atoms with Gasteiger partial charge in [0.25, 0.3) is 5.91 Å². The molecule has 0 fully saturated rings. The monoisotopic (exact) mass is 519 g/mol. The van der Waals surface area contributed by atoms with Crippen molar-refractivity contribution in [2.45, 2.75) is 38.8 Å². The number of amides is 3. The van der Waals surface area contributed by atoms with Crippen LogP contribution in [0.2, 0.25) is 0 Å². The van der Waals surface area contributed by atoms with E-state index in [2.05, 4.69) is 12.2 Å². The topological polar surface area (TPSA) is 69.7 Å². The summed E-state index contributed by atoms with van der Waals surface area (Å²) < 4.78 is 0. The predicted molar refractivity (Wildman–Crippen MR) is 154 cm³/mol. The lowest BCUT2D eigenvalue weighted by Crippen LogP contribution is -2.53. The lowest BCUT2D eigenvalue weighted by Gasteiger charge is -2.33. The molecule has 39 heavy (non-hydrogen) atoms. The van der Waals surface area contributed by atoms with Crippen molar-refractivity contribution in [3.8, 4) is 0 Å². The van der Waals surface area contributed by atoms with Gasteiger partial charge in [0.1, 0.15) is 12.6 Å². The lowest BCUT2D eigenvalue weighted by molar-refractivity contribution is -0.140. The summed E-state index contributed by atoms with van der Waals surface area (Å²) >= 11 is 0. The molecule has 0 bridgehead atoms. The first kappa shape index (κ1) is 26.2. The van der Waals surface area contributed by atoms with Gasteiger partial charge in [-0.2, -0.15) is 0 Å². The van der Waals surface area contributed by atoms with E-state index >= 15 is 0 Å². The molecule has 1 aliphatic rings. The van der Waals surface area contributed by atoms with Gasteiger partial charge in [0, 0.05) is 30.5 Å². The summed E-state index contributed by atoms with van der Waals surface area (Å²) in [5, 5.41) is 4.88. The van der Waals surface area contributed by atoms with Gasteiger partial charge >= 0.3 is 0 Å². The normalized spacial score (nSPS) is 12.9. The minimum absolute atomic E-state index is 0.146. The van der Waals surface area contributed by atoms with Gasteiger partial charge in [0.15, 0.2) is 0 Å². The summed E-state index contributed by atoms with van der Waals surface area (Å²) in [6.45, 7) is 2.74. The standard InChI is InChI=1S/C33H33N3O3/c1-2-3-20-34-32(38)29(21-24-12-6-4-7-13-24)35(22-25-14-8-5-9-15-25)30(37)23-36-28-19-11-17-26-16-10-18-27(31(26)28)33(36)39/h4-19,29H,2-3,20-23H2,1H3,(H,34,38). The van der Waals surface area contributed by atoms with Gasteiger partial charge in [-0.3, -0.25) is 19.3 Å². The van der Waals surface area contributed by atoms with Crippen molar-refractivity contribution >= 4 is 34.2 Å². The number of nitrogens with one attached hydrogen (secondary N) is 1. The van der Waals surface area contributed by atoms with E-state index in [0.717, 1.165) is 40.4 Å². The second kappa shape index (κ2) is 11.9. The number of unbranched alkanes of at least 4 members (excludes halogenated alkanes) is 1. The molecule has 0 spiro atoms. The highest BCUT2D eigenvalue weighted by Gasteiger charge is 2.35. The molecule has 0 aromatic heterocycles. The first-order chi connectivity index (χ1) is 19.1. The van der Waals surface area contributed by atoms with Gasteiger partial charge in [-0.15, -0.1) is 0 Å². The van der Waals surface area contributed by atoms with Gasteiger partial charge in [-0.25, -0.2) is 0 Å². The van der Waals surface area contributed by atoms with Gasteiger partial charge in [-0.05, 0) is 35.1 Å². The molecule has 3 amide bonds. The van der Waals surface area contributed by atoms with E-state index in [1.807, 2.05) is 91.0 Å². The molecule has 198 valence electrons. The molecule has 0 radical (unpaired) electrons. The van der Waals surface area contributed by atoms with Gasteiger partial charge in [0.05, 0.1) is 5.69 Å². The molecule has 4 aromatic rings. The first-order valence-corrected chi connectivity index (χ1v) is 13.6. The maximum absolute atomic E-state index is 14.1. The predicted octanol–water partition coefficient (Wildman–Crippen LogP) is 5.36. The molecule has 0 saturated carbocycles. The Balaban J connectivity index is 1.48. The number of hydrogen-bond donors (Lipinski definition) is 1. The van der Waals surface area contributed by atoms with E-state index < -0.39 is 6.04 Å². The van der Waals surface area contributed by atoms with E-state index in [1.54, 1.807) is 15.9 Å². The fraction of sp³-hybridized carbons (Fsp3) is 0.242. The van der Waals surface area contributed by atoms with Gasteiger partial charge in [0.2, 0.25) is 11.8 Å². The third-order valence-electron chi connectivity index (χ3n) is 7.24. The van der Waals surface area contributed by atoms with Crippen molar-refractivity contribution < 1.29 is 14.4 Å². The van der Waals surface area contributed by atoms with E-state index in [4.69, 9.17) is 0 Å². The van der Waals surface area contributed by atoms with Crippen LogP contribution in [0.15, 0.2) is 97.1 Å². The average molecular weight is 520 g/mol. The van der Waals surface area contributed by atoms with E-state index in [-0.39, 0.29) is 30.8 Å². The van der Waals surface area contributed by atoms with Crippen LogP contribution < -0.4 is 10.2 Å². The number of rotatable bonds is 11. The largest absolute Gasteiger partial charge is 0.354 e. The van der Waals surface area contributed by atoms with Crippen molar-refractivity contribution in [2.24, 2.45) is 0 Å². The number of benzene rings is 4. The van der Waals surface area contributed by atoms with E-state index in [0.29, 0.717) is 18.5 Å². The molecule has 1 heterocycles. The Labute approximate surface area is 229 Å². The first-order valence-electron chi connectivity index (χ1n) is 13.6. The summed E-state index contributed by atoms with van der Waals surface area (Å²) in [7, 11) is 0. The summed E-state index contributed by atoms with van der Waals surface area (Å²) in [6, 6.07) is 30.1. The molecular formula is C33H33N3O3. The molecular weight excluding hydrogens is 486 g/mol. The van der Waals surface area contributed by atoms with Crippen LogP contribution in [0.3, 0.4) is 0 Å². The minimum atomic E-state index is -0.729. The fourth-order valence-electron chi connectivity index (χ4n) is 5.20. The number of hydrogen-bond acceptors (Lipinski definition) is 3. The molecule has 1 N–H and O–H groups in total. The van der Waals surface area contributed by atoms with E-state index in [1.165, 1.54) is 0 Å². The summed E-state index contributed by atoms with van der Waals surface area (Å²) in [5.74, 6) is -0.653. The Hall–Kier alpha value is -4.45. The fourth-order valence-corrected chi connectivity index (χ4v) is 5.20. The summed E-state index contributed by atoms with van der Waals surface area (Å²) in [5.41, 5.74) is 3.22. The number of anilines is 1. The molecule has 5 rings (SSSR count). The Morgan fingerprint density at radius 2 is 1.51 bits per heavy atom. The van der Waals surface area contributed by atoms with Crippen molar-refractivity contribution in [1.82, 2.24) is 10.2 Å². The third-order valence-corrected chi connectivity index (χ3v) is 7.24. The second-order valence-electron chi connectivity index (χ2n) is 9.93. The Kier molecular flexibility index (Phi) is 8.02. The molecule has 4 aromatic carbocycles. The quantitative estimate of drug-likeness (QED) is 0.271. The van der Waals surface area contributed by atoms with Crippen LogP contribution in [0.4, 0.5) is 5.69 Å². The van der Waals surface area contributed by atoms with Crippen LogP contribution in [-0.2, 0) is 22.6 Å². The number of nitrogens with zero attached hydrogens (tertiary/aromatic N) is 2. The van der Waals surface area contributed by atoms with Crippen molar-refractivity contribution in [2.75, 3.05) is 18.0 Å². The lowest BCUT2D eigenvalue weighted by atomic mass is 10.0. The van der Waals surface area contributed by atoms with Crippen molar-refractivity contribution in [3.05, 3.63) is 114 Å². The van der Waals surface area contributed by atoms with Crippen LogP contribution >= 0.6 is 0 Å². The minimum Gasteiger partial charge on any atom is -0.354 e. The highest BCUT2D eigenvalue weighted by Crippen LogP contribution is 2.37. The highest BCUT2D eigenvalue weighted by molar-refractivity contribution is 6.26. The van der Waals surface area contributed by atoms with Crippen LogP contribution in [0.5, 0.6) is 0 Å². The molecule has 1 unspecified atom stereocenters. The number of carbonyl (C=O) groups excluding carboxylic acids is 3. The zero-order valence-corrected chi connectivity index (χ0v) is 22.2. The zero-order valence-electron chi connectivity index (χ0n) is 22.2. The molecule has 6 nitrogen and oxygen atoms in total. The summed E-state index contributed by atoms with van der Waals surface area (Å²) in [4.78, 5) is 44.4. The third kappa shape index (κ3) is 5.70. The van der Waals surface area contributed by atoms with Crippen molar-refractivity contribution in [3.63, 3.8) is 0 Å². The molecule has 1 aliphatic heterocycles. The maximum Gasteiger partial charge on any atom is 0.259 e. The van der Waals surface area contributed by atoms with E-state index in [9.17, 15) is 14.4 Å². The van der Waals surface area contributed by atoms with Crippen LogP contribution in [0, 0.1) is 0 Å². The smallest absolute Gasteiger partial charge is 0.259 e. The molecule has 0 saturated heterocycles. The average Bonchev–Trinajstić information content (AvgIpc) is 3.24. The van der Waals surface area contributed by atoms with Crippen LogP contribution in [0.1, 0.15) is 41.3 Å². The SMILES string of the molecule is CCCCNC(=O)C(Cc1ccccc1)N(Cc1ccccc1)C(=O)CN1C(=O)c2cccc3cccc1c23. The van der Waals surface area contributed by atoms with Crippen LogP contribution in [-0.4, -0.2) is 41.8 Å². The Morgan fingerprint density at radius 3 is 2.21 bits per heavy atom. The molecule has 1 atom stereocenters. The molecule has 0 aliphatic carbocycles. The Morgan fingerprint density at radius 1 is 0.846 bits per heavy atom. The number of carbonyl (C=O) groups is 3. The van der Waals surface area contributed by atoms with Crippen molar-refractivity contribution in [1.29, 1.82) is 0 Å². The zero-order chi connectivity index (χ0) is 27.2. The van der Waals surface area contributed by atoms with Gasteiger partial charge in [-0.1, -0.05) is 98.3 Å². The van der Waals surface area contributed by atoms with Gasteiger partial charge < -0.3 is 10.2 Å². The highest BCUT2D eigenvalue weighted by atomic mass is 16.2. The van der Waals surface area contributed by atoms with Crippen LogP contribution in [0.25, 0.3) is 10.8 Å².